The average Bonchev–Trinajstić information content (AvgIpc) is 2.70. The van der Waals surface area contributed by atoms with Gasteiger partial charge in [0.15, 0.2) is 0 Å². The number of nitrogens with zero attached hydrogens (tertiary/aromatic N) is 2. The summed E-state index contributed by atoms with van der Waals surface area (Å²) in [5.41, 5.74) is 0. The molecule has 98 valence electrons. The highest BCUT2D eigenvalue weighted by Gasteiger charge is 2.23. The number of hydrogen-bond acceptors (Lipinski definition) is 6. The molecule has 0 aromatic carbocycles. The molecule has 0 aliphatic carbocycles. The predicted molar refractivity (Wildman–Crippen MR) is 54.8 cm³/mol. The maximum Gasteiger partial charge on any atom is 0.326 e. The fraction of sp³-hybridized carbons (Fsp3) is 0.444. The van der Waals surface area contributed by atoms with Crippen molar-refractivity contribution in [1.82, 2.24) is 15.5 Å². The monoisotopic (exact) mass is 257 g/mol. The van der Waals surface area contributed by atoms with Gasteiger partial charge in [-0.15, -0.1) is 0 Å². The molecule has 0 saturated carbocycles. The number of aryl methyl sites for hydroxylation is 1. The minimum atomic E-state index is -1.33. The van der Waals surface area contributed by atoms with Gasteiger partial charge in [0.05, 0.1) is 0 Å². The molecule has 9 nitrogen and oxygen atoms in total. The molecule has 9 heteroatoms. The van der Waals surface area contributed by atoms with Gasteiger partial charge in [-0.05, 0) is 6.42 Å². The Hall–Kier alpha value is -2.45. The number of amides is 1. The van der Waals surface area contributed by atoms with Crippen LogP contribution in [0.4, 0.5) is 0 Å². The van der Waals surface area contributed by atoms with Crippen LogP contribution >= 0.6 is 0 Å². The Bertz CT molecular complexity index is 469. The van der Waals surface area contributed by atoms with Gasteiger partial charge in [0, 0.05) is 13.3 Å². The molecule has 1 unspecified atom stereocenters. The molecule has 18 heavy (non-hydrogen) atoms. The van der Waals surface area contributed by atoms with Gasteiger partial charge >= 0.3 is 11.9 Å². The summed E-state index contributed by atoms with van der Waals surface area (Å²) in [4.78, 5) is 36.3. The molecule has 1 aromatic heterocycles. The number of hydrogen-bond donors (Lipinski definition) is 3. The molecule has 1 heterocycles. The zero-order chi connectivity index (χ0) is 13.7. The number of nitrogens with one attached hydrogen (secondary N) is 1. The van der Waals surface area contributed by atoms with Crippen molar-refractivity contribution < 1.29 is 29.1 Å². The van der Waals surface area contributed by atoms with Crippen LogP contribution in [0.25, 0.3) is 0 Å². The van der Waals surface area contributed by atoms with Gasteiger partial charge in [0.2, 0.25) is 5.89 Å². The van der Waals surface area contributed by atoms with E-state index in [0.717, 1.165) is 0 Å². The maximum absolute atomic E-state index is 11.5. The highest BCUT2D eigenvalue weighted by Crippen LogP contribution is 2.01. The minimum Gasteiger partial charge on any atom is -0.481 e. The topological polar surface area (TPSA) is 143 Å². The van der Waals surface area contributed by atoms with Crippen LogP contribution in [-0.4, -0.2) is 44.2 Å². The molecule has 3 N–H and O–H groups in total. The lowest BCUT2D eigenvalue weighted by atomic mass is 10.1. The Morgan fingerprint density at radius 2 is 2.06 bits per heavy atom. The first-order valence-corrected chi connectivity index (χ1v) is 4.96. The standard InChI is InChI=1S/C9H11N3O6/c1-4-10-7(12-18-4)8(15)11-5(9(16)17)2-3-6(13)14/h5H,2-3H2,1H3,(H,11,15)(H,13,14)(H,16,17). The average molecular weight is 257 g/mol. The summed E-state index contributed by atoms with van der Waals surface area (Å²) in [5.74, 6) is -3.44. The summed E-state index contributed by atoms with van der Waals surface area (Å²) in [6.45, 7) is 1.48. The van der Waals surface area contributed by atoms with Gasteiger partial charge in [0.1, 0.15) is 6.04 Å². The fourth-order valence-electron chi connectivity index (χ4n) is 1.14. The van der Waals surface area contributed by atoms with Crippen molar-refractivity contribution in [2.75, 3.05) is 0 Å². The first-order valence-electron chi connectivity index (χ1n) is 4.96. The van der Waals surface area contributed by atoms with E-state index in [2.05, 4.69) is 20.0 Å². The molecule has 0 aliphatic rings. The van der Waals surface area contributed by atoms with Crippen molar-refractivity contribution in [3.05, 3.63) is 11.7 Å². The smallest absolute Gasteiger partial charge is 0.326 e. The van der Waals surface area contributed by atoms with Crippen LogP contribution in [-0.2, 0) is 9.59 Å². The normalized spacial score (nSPS) is 11.8. The van der Waals surface area contributed by atoms with E-state index in [1.807, 2.05) is 0 Å². The number of carbonyl (C=O) groups excluding carboxylic acids is 1. The molecule has 0 spiro atoms. The van der Waals surface area contributed by atoms with E-state index in [-0.39, 0.29) is 24.6 Å². The van der Waals surface area contributed by atoms with Crippen LogP contribution in [0.3, 0.4) is 0 Å². The predicted octanol–water partition coefficient (Wildman–Crippen LogP) is -0.574. The summed E-state index contributed by atoms with van der Waals surface area (Å²) >= 11 is 0. The molecule has 1 aromatic rings. The molecule has 1 amide bonds. The first-order chi connectivity index (χ1) is 8.40. The second-order valence-corrected chi connectivity index (χ2v) is 3.43. The number of carboxylic acid groups (broad SMARTS) is 2. The van der Waals surface area contributed by atoms with Crippen LogP contribution in [0, 0.1) is 6.92 Å². The van der Waals surface area contributed by atoms with Crippen LogP contribution in [0.15, 0.2) is 4.52 Å². The van der Waals surface area contributed by atoms with Gasteiger partial charge in [-0.25, -0.2) is 4.79 Å². The minimum absolute atomic E-state index is 0.164. The van der Waals surface area contributed by atoms with Crippen LogP contribution in [0.1, 0.15) is 29.4 Å². The van der Waals surface area contributed by atoms with E-state index in [1.54, 1.807) is 0 Å². The lowest BCUT2D eigenvalue weighted by Gasteiger charge is -2.11. The summed E-state index contributed by atoms with van der Waals surface area (Å²) in [5, 5.41) is 22.7. The van der Waals surface area contributed by atoms with Crippen molar-refractivity contribution in [2.24, 2.45) is 0 Å². The summed E-state index contributed by atoms with van der Waals surface area (Å²) in [6.07, 6.45) is -0.601. The third-order valence-electron chi connectivity index (χ3n) is 1.98. The van der Waals surface area contributed by atoms with E-state index in [9.17, 15) is 14.4 Å². The SMILES string of the molecule is Cc1nc(C(=O)NC(CCC(=O)O)C(=O)O)no1. The third kappa shape index (κ3) is 3.85. The quantitative estimate of drug-likeness (QED) is 0.614. The number of carbonyl (C=O) groups is 3. The molecule has 0 bridgehead atoms. The summed E-state index contributed by atoms with van der Waals surface area (Å²) < 4.78 is 4.56. The Morgan fingerprint density at radius 1 is 1.39 bits per heavy atom. The second kappa shape index (κ2) is 5.75. The molecule has 0 saturated heterocycles. The number of aliphatic carboxylic acids is 2. The number of aromatic nitrogens is 2. The van der Waals surface area contributed by atoms with Gasteiger partial charge in [-0.2, -0.15) is 4.98 Å². The van der Waals surface area contributed by atoms with Crippen LogP contribution < -0.4 is 5.32 Å². The van der Waals surface area contributed by atoms with Crippen molar-refractivity contribution in [3.8, 4) is 0 Å². The first kappa shape index (κ1) is 13.6. The molecule has 1 rings (SSSR count). The molecular formula is C9H11N3O6. The highest BCUT2D eigenvalue weighted by atomic mass is 16.5. The lowest BCUT2D eigenvalue weighted by molar-refractivity contribution is -0.140. The van der Waals surface area contributed by atoms with Crippen molar-refractivity contribution in [2.45, 2.75) is 25.8 Å². The third-order valence-corrected chi connectivity index (χ3v) is 1.98. The van der Waals surface area contributed by atoms with Crippen molar-refractivity contribution in [3.63, 3.8) is 0 Å². The maximum atomic E-state index is 11.5. The van der Waals surface area contributed by atoms with Crippen LogP contribution in [0.2, 0.25) is 0 Å². The molecule has 0 radical (unpaired) electrons. The van der Waals surface area contributed by atoms with E-state index < -0.39 is 23.9 Å². The Labute approximate surface area is 101 Å². The molecule has 0 fully saturated rings. The summed E-state index contributed by atoms with van der Waals surface area (Å²) in [7, 11) is 0. The second-order valence-electron chi connectivity index (χ2n) is 3.43. The van der Waals surface area contributed by atoms with Crippen molar-refractivity contribution >= 4 is 17.8 Å². The van der Waals surface area contributed by atoms with Gasteiger partial charge in [-0.3, -0.25) is 9.59 Å². The van der Waals surface area contributed by atoms with Crippen LogP contribution in [0.5, 0.6) is 0 Å². The Balaban J connectivity index is 2.63. The fourth-order valence-corrected chi connectivity index (χ4v) is 1.14. The van der Waals surface area contributed by atoms with Gasteiger partial charge in [0.25, 0.3) is 11.7 Å². The number of carboxylic acids is 2. The zero-order valence-corrected chi connectivity index (χ0v) is 9.41. The van der Waals surface area contributed by atoms with Gasteiger partial charge in [-0.1, -0.05) is 5.16 Å². The molecule has 0 aliphatic heterocycles. The van der Waals surface area contributed by atoms with Gasteiger partial charge < -0.3 is 20.1 Å². The van der Waals surface area contributed by atoms with E-state index in [4.69, 9.17) is 10.2 Å². The van der Waals surface area contributed by atoms with Crippen molar-refractivity contribution in [1.29, 1.82) is 0 Å². The largest absolute Gasteiger partial charge is 0.481 e. The van der Waals surface area contributed by atoms with E-state index in [0.29, 0.717) is 0 Å². The molecule has 1 atom stereocenters. The molecular weight excluding hydrogens is 246 g/mol. The Kier molecular flexibility index (Phi) is 4.35. The summed E-state index contributed by atoms with van der Waals surface area (Å²) in [6, 6.07) is -1.31. The zero-order valence-electron chi connectivity index (χ0n) is 9.41. The Morgan fingerprint density at radius 3 is 2.50 bits per heavy atom. The number of rotatable bonds is 6. The van der Waals surface area contributed by atoms with E-state index >= 15 is 0 Å². The highest BCUT2D eigenvalue weighted by molar-refractivity contribution is 5.93. The van der Waals surface area contributed by atoms with E-state index in [1.165, 1.54) is 6.92 Å². The lowest BCUT2D eigenvalue weighted by Crippen LogP contribution is -2.41.